The molecule has 0 spiro atoms. The van der Waals surface area contributed by atoms with E-state index in [-0.39, 0.29) is 5.82 Å². The molecule has 4 heteroatoms. The number of anilines is 1. The molecule has 0 fully saturated rings. The van der Waals surface area contributed by atoms with Gasteiger partial charge in [-0.25, -0.2) is 4.39 Å². The summed E-state index contributed by atoms with van der Waals surface area (Å²) in [4.78, 5) is 6.33. The minimum Gasteiger partial charge on any atom is -0.374 e. The number of hydrogen-bond acceptors (Lipinski definition) is 3. The number of halogens is 1. The average molecular weight is 273 g/mol. The zero-order valence-corrected chi connectivity index (χ0v) is 11.7. The fraction of sp³-hybridized carbons (Fsp3) is 0.312. The Morgan fingerprint density at radius 1 is 1.20 bits per heavy atom. The van der Waals surface area contributed by atoms with Crippen LogP contribution in [-0.2, 0) is 12.8 Å². The van der Waals surface area contributed by atoms with E-state index in [0.29, 0.717) is 13.0 Å². The lowest BCUT2D eigenvalue weighted by Crippen LogP contribution is -2.21. The van der Waals surface area contributed by atoms with Gasteiger partial charge < -0.3 is 10.6 Å². The molecule has 0 amide bonds. The van der Waals surface area contributed by atoms with Gasteiger partial charge in [0.25, 0.3) is 0 Å². The first-order chi connectivity index (χ1) is 9.69. The lowest BCUT2D eigenvalue weighted by Gasteiger charge is -2.20. The highest BCUT2D eigenvalue weighted by molar-refractivity contribution is 5.48. The zero-order valence-electron chi connectivity index (χ0n) is 11.7. The van der Waals surface area contributed by atoms with Gasteiger partial charge in [0, 0.05) is 37.6 Å². The Morgan fingerprint density at radius 3 is 2.75 bits per heavy atom. The molecule has 2 rings (SSSR count). The van der Waals surface area contributed by atoms with Crippen LogP contribution in [0.2, 0.25) is 0 Å². The molecule has 106 valence electrons. The topological polar surface area (TPSA) is 42.2 Å². The third kappa shape index (κ3) is 4.03. The number of benzene rings is 1. The summed E-state index contributed by atoms with van der Waals surface area (Å²) in [5.74, 6) is -0.212. The first kappa shape index (κ1) is 14.5. The smallest absolute Gasteiger partial charge is 0.125 e. The van der Waals surface area contributed by atoms with E-state index in [9.17, 15) is 4.39 Å². The molecule has 0 bridgehead atoms. The van der Waals surface area contributed by atoms with Crippen molar-refractivity contribution >= 4 is 5.69 Å². The quantitative estimate of drug-likeness (QED) is 0.879. The normalized spacial score (nSPS) is 10.6. The maximum atomic E-state index is 13.6. The Bertz CT molecular complexity index is 543. The van der Waals surface area contributed by atoms with Crippen LogP contribution in [0.25, 0.3) is 0 Å². The van der Waals surface area contributed by atoms with E-state index in [4.69, 9.17) is 5.73 Å². The number of hydrogen-bond donors (Lipinski definition) is 1. The van der Waals surface area contributed by atoms with Gasteiger partial charge in [0.1, 0.15) is 5.82 Å². The van der Waals surface area contributed by atoms with Gasteiger partial charge in [-0.05, 0) is 48.9 Å². The number of aromatic nitrogens is 1. The van der Waals surface area contributed by atoms with Crippen LogP contribution in [0.1, 0.15) is 11.3 Å². The highest BCUT2D eigenvalue weighted by Crippen LogP contribution is 2.18. The van der Waals surface area contributed by atoms with Gasteiger partial charge in [-0.2, -0.15) is 0 Å². The Kier molecular flexibility index (Phi) is 5.07. The molecule has 0 aliphatic carbocycles. The summed E-state index contributed by atoms with van der Waals surface area (Å²) in [6.45, 7) is 1.32. The largest absolute Gasteiger partial charge is 0.374 e. The summed E-state index contributed by atoms with van der Waals surface area (Å²) >= 11 is 0. The summed E-state index contributed by atoms with van der Waals surface area (Å²) in [6.07, 6.45) is 3.32. The highest BCUT2D eigenvalue weighted by atomic mass is 19.1. The van der Waals surface area contributed by atoms with E-state index < -0.39 is 0 Å². The predicted molar refractivity (Wildman–Crippen MR) is 80.4 cm³/mol. The Balaban J connectivity index is 2.03. The maximum Gasteiger partial charge on any atom is 0.125 e. The Labute approximate surface area is 119 Å². The zero-order chi connectivity index (χ0) is 14.4. The highest BCUT2D eigenvalue weighted by Gasteiger charge is 2.06. The lowest BCUT2D eigenvalue weighted by molar-refractivity contribution is 0.624. The SMILES string of the molecule is CN(CCc1ccccn1)c1cc(F)cc(CCN)c1. The van der Waals surface area contributed by atoms with Crippen LogP contribution in [0.15, 0.2) is 42.6 Å². The molecular formula is C16H20FN3. The van der Waals surface area contributed by atoms with Crippen molar-refractivity contribution in [2.45, 2.75) is 12.8 Å². The third-order valence-corrected chi connectivity index (χ3v) is 3.25. The van der Waals surface area contributed by atoms with Crippen LogP contribution >= 0.6 is 0 Å². The van der Waals surface area contributed by atoms with Gasteiger partial charge in [0.15, 0.2) is 0 Å². The van der Waals surface area contributed by atoms with E-state index in [1.165, 1.54) is 0 Å². The fourth-order valence-corrected chi connectivity index (χ4v) is 2.12. The summed E-state index contributed by atoms with van der Waals surface area (Å²) in [5, 5.41) is 0. The molecule has 0 saturated carbocycles. The third-order valence-electron chi connectivity index (χ3n) is 3.25. The van der Waals surface area contributed by atoms with Crippen molar-refractivity contribution in [1.29, 1.82) is 0 Å². The molecule has 1 aromatic heterocycles. The van der Waals surface area contributed by atoms with E-state index in [0.717, 1.165) is 29.9 Å². The summed E-state index contributed by atoms with van der Waals surface area (Å²) < 4.78 is 13.6. The molecule has 0 atom stereocenters. The van der Waals surface area contributed by atoms with Crippen LogP contribution < -0.4 is 10.6 Å². The molecule has 1 heterocycles. The molecule has 1 aromatic carbocycles. The van der Waals surface area contributed by atoms with Crippen LogP contribution in [-0.4, -0.2) is 25.1 Å². The summed E-state index contributed by atoms with van der Waals surface area (Å²) in [7, 11) is 1.96. The van der Waals surface area contributed by atoms with Crippen molar-refractivity contribution in [2.24, 2.45) is 5.73 Å². The first-order valence-corrected chi connectivity index (χ1v) is 6.79. The molecule has 0 aliphatic rings. The van der Waals surface area contributed by atoms with E-state index >= 15 is 0 Å². The average Bonchev–Trinajstić information content (AvgIpc) is 2.45. The van der Waals surface area contributed by atoms with Crippen LogP contribution in [0, 0.1) is 5.82 Å². The Hall–Kier alpha value is -1.94. The van der Waals surface area contributed by atoms with Crippen molar-refractivity contribution in [3.8, 4) is 0 Å². The minimum absolute atomic E-state index is 0.212. The number of likely N-dealkylation sites (N-methyl/N-ethyl adjacent to an activating group) is 1. The van der Waals surface area contributed by atoms with Crippen LogP contribution in [0.3, 0.4) is 0 Å². The fourth-order valence-electron chi connectivity index (χ4n) is 2.12. The first-order valence-electron chi connectivity index (χ1n) is 6.79. The van der Waals surface area contributed by atoms with Crippen molar-refractivity contribution in [2.75, 3.05) is 25.0 Å². The molecule has 0 radical (unpaired) electrons. The van der Waals surface area contributed by atoms with E-state index in [1.807, 2.05) is 36.2 Å². The standard InChI is InChI=1S/C16H20FN3/c1-20(9-6-15-4-2-3-8-19-15)16-11-13(5-7-18)10-14(17)12-16/h2-4,8,10-12H,5-7,9,18H2,1H3. The number of nitrogens with zero attached hydrogens (tertiary/aromatic N) is 2. The summed E-state index contributed by atoms with van der Waals surface area (Å²) in [5.41, 5.74) is 8.38. The van der Waals surface area contributed by atoms with Gasteiger partial charge >= 0.3 is 0 Å². The van der Waals surface area contributed by atoms with Crippen molar-refractivity contribution in [3.05, 3.63) is 59.7 Å². The van der Waals surface area contributed by atoms with Gasteiger partial charge in [-0.1, -0.05) is 6.07 Å². The number of nitrogens with two attached hydrogens (primary N) is 1. The van der Waals surface area contributed by atoms with E-state index in [1.54, 1.807) is 18.3 Å². The minimum atomic E-state index is -0.212. The number of rotatable bonds is 6. The number of pyridine rings is 1. The monoisotopic (exact) mass is 273 g/mol. The molecule has 2 N–H and O–H groups in total. The second kappa shape index (κ2) is 7.01. The summed E-state index contributed by atoms with van der Waals surface area (Å²) in [6, 6.07) is 11.0. The lowest BCUT2D eigenvalue weighted by atomic mass is 10.1. The Morgan fingerprint density at radius 2 is 2.05 bits per heavy atom. The van der Waals surface area contributed by atoms with Crippen LogP contribution in [0.4, 0.5) is 10.1 Å². The maximum absolute atomic E-state index is 13.6. The predicted octanol–water partition coefficient (Wildman–Crippen LogP) is 2.40. The molecule has 2 aromatic rings. The molecular weight excluding hydrogens is 253 g/mol. The molecule has 0 aliphatic heterocycles. The molecule has 0 saturated heterocycles. The molecule has 20 heavy (non-hydrogen) atoms. The van der Waals surface area contributed by atoms with Gasteiger partial charge in [-0.15, -0.1) is 0 Å². The van der Waals surface area contributed by atoms with Crippen molar-refractivity contribution < 1.29 is 4.39 Å². The second-order valence-corrected chi connectivity index (χ2v) is 4.85. The molecule has 0 unspecified atom stereocenters. The second-order valence-electron chi connectivity index (χ2n) is 4.85. The van der Waals surface area contributed by atoms with Crippen molar-refractivity contribution in [1.82, 2.24) is 4.98 Å². The van der Waals surface area contributed by atoms with Crippen molar-refractivity contribution in [3.63, 3.8) is 0 Å². The van der Waals surface area contributed by atoms with Crippen LogP contribution in [0.5, 0.6) is 0 Å². The van der Waals surface area contributed by atoms with Gasteiger partial charge in [0.2, 0.25) is 0 Å². The van der Waals surface area contributed by atoms with Gasteiger partial charge in [0.05, 0.1) is 0 Å². The molecule has 3 nitrogen and oxygen atoms in total. The van der Waals surface area contributed by atoms with Gasteiger partial charge in [-0.3, -0.25) is 4.98 Å². The van der Waals surface area contributed by atoms with E-state index in [2.05, 4.69) is 4.98 Å².